The van der Waals surface area contributed by atoms with E-state index in [2.05, 4.69) is 5.32 Å². The Morgan fingerprint density at radius 1 is 1.10 bits per heavy atom. The monoisotopic (exact) mass is 321 g/mol. The Labute approximate surface area is 129 Å². The van der Waals surface area contributed by atoms with Crippen molar-refractivity contribution >= 4 is 35.1 Å². The lowest BCUT2D eigenvalue weighted by molar-refractivity contribution is -0.152. The highest BCUT2D eigenvalue weighted by atomic mass is 35.5. The van der Waals surface area contributed by atoms with Crippen LogP contribution in [-0.4, -0.2) is 28.9 Å². The first kappa shape index (κ1) is 15.9. The highest BCUT2D eigenvalue weighted by Crippen LogP contribution is 2.64. The molecule has 2 aliphatic carbocycles. The van der Waals surface area contributed by atoms with Crippen LogP contribution in [0.2, 0.25) is 0 Å². The molecule has 0 aromatic carbocycles. The van der Waals surface area contributed by atoms with Crippen LogP contribution in [-0.2, 0) is 14.3 Å². The highest BCUT2D eigenvalue weighted by molar-refractivity contribution is 6.53. The Morgan fingerprint density at radius 2 is 1.60 bits per heavy atom. The zero-order valence-electron chi connectivity index (χ0n) is 11.9. The first-order valence-electron chi connectivity index (χ1n) is 7.06. The van der Waals surface area contributed by atoms with Gasteiger partial charge in [0.15, 0.2) is 0 Å². The third-order valence-electron chi connectivity index (χ3n) is 4.65. The van der Waals surface area contributed by atoms with Crippen molar-refractivity contribution in [2.24, 2.45) is 5.41 Å². The number of esters is 1. The van der Waals surface area contributed by atoms with Crippen molar-refractivity contribution in [3.05, 3.63) is 0 Å². The van der Waals surface area contributed by atoms with Crippen LogP contribution in [0, 0.1) is 5.41 Å². The normalized spacial score (nSPS) is 31.0. The number of rotatable bonds is 3. The second-order valence-corrected chi connectivity index (χ2v) is 7.64. The molecule has 0 radical (unpaired) electrons. The summed E-state index contributed by atoms with van der Waals surface area (Å²) in [6.45, 7) is 1.73. The van der Waals surface area contributed by atoms with Gasteiger partial charge in [0.05, 0.1) is 12.5 Å². The fourth-order valence-corrected chi connectivity index (χ4v) is 3.62. The van der Waals surface area contributed by atoms with Gasteiger partial charge in [-0.15, -0.1) is 23.2 Å². The molecule has 1 atom stereocenters. The zero-order chi connectivity index (χ0) is 15.0. The number of methoxy groups -OCH3 is 1. The van der Waals surface area contributed by atoms with Gasteiger partial charge in [-0.2, -0.15) is 0 Å². The predicted octanol–water partition coefficient (Wildman–Crippen LogP) is 2.95. The van der Waals surface area contributed by atoms with Crippen LogP contribution in [0.1, 0.15) is 51.9 Å². The molecule has 0 bridgehead atoms. The molecule has 2 fully saturated rings. The summed E-state index contributed by atoms with van der Waals surface area (Å²) < 4.78 is 3.89. The average Bonchev–Trinajstić information content (AvgIpc) is 3.01. The first-order chi connectivity index (χ1) is 9.27. The van der Waals surface area contributed by atoms with Gasteiger partial charge in [-0.1, -0.05) is 25.7 Å². The molecular weight excluding hydrogens is 301 g/mol. The molecule has 2 rings (SSSR count). The molecule has 4 nitrogen and oxygen atoms in total. The maximum atomic E-state index is 12.5. The van der Waals surface area contributed by atoms with E-state index in [4.69, 9.17) is 27.9 Å². The number of ether oxygens (including phenoxy) is 1. The van der Waals surface area contributed by atoms with Crippen LogP contribution in [0.15, 0.2) is 0 Å². The van der Waals surface area contributed by atoms with Crippen LogP contribution in [0.25, 0.3) is 0 Å². The lowest BCUT2D eigenvalue weighted by Gasteiger charge is -2.32. The fraction of sp³-hybridized carbons (Fsp3) is 0.857. The molecule has 2 saturated carbocycles. The molecule has 0 aromatic rings. The molecule has 1 unspecified atom stereocenters. The molecule has 2 aliphatic rings. The van der Waals surface area contributed by atoms with Crippen molar-refractivity contribution < 1.29 is 14.3 Å². The summed E-state index contributed by atoms with van der Waals surface area (Å²) in [5.74, 6) is -0.624. The summed E-state index contributed by atoms with van der Waals surface area (Å²) in [4.78, 5) is 24.6. The minimum atomic E-state index is -1.03. The molecule has 0 aromatic heterocycles. The molecule has 1 amide bonds. The highest BCUT2D eigenvalue weighted by Gasteiger charge is 2.68. The number of amides is 1. The minimum Gasteiger partial charge on any atom is -0.467 e. The second kappa shape index (κ2) is 5.38. The molecule has 20 heavy (non-hydrogen) atoms. The quantitative estimate of drug-likeness (QED) is 0.494. The Morgan fingerprint density at radius 3 is 2.00 bits per heavy atom. The summed E-state index contributed by atoms with van der Waals surface area (Å²) in [5.41, 5.74) is -1.73. The number of hydrogen-bond donors (Lipinski definition) is 1. The Bertz CT molecular complexity index is 417. The number of nitrogens with one attached hydrogen (secondary N) is 1. The number of halogens is 2. The summed E-state index contributed by atoms with van der Waals surface area (Å²) in [6, 6.07) is 0. The van der Waals surface area contributed by atoms with E-state index in [-0.39, 0.29) is 11.9 Å². The average molecular weight is 322 g/mol. The summed E-state index contributed by atoms with van der Waals surface area (Å²) in [5, 5.41) is 2.90. The fourth-order valence-electron chi connectivity index (χ4n) is 2.91. The maximum Gasteiger partial charge on any atom is 0.331 e. The van der Waals surface area contributed by atoms with Crippen LogP contribution in [0.5, 0.6) is 0 Å². The molecule has 0 heterocycles. The van der Waals surface area contributed by atoms with Gasteiger partial charge in [-0.05, 0) is 26.2 Å². The van der Waals surface area contributed by atoms with Crippen molar-refractivity contribution in [1.29, 1.82) is 0 Å². The molecule has 0 saturated heterocycles. The second-order valence-electron chi connectivity index (χ2n) is 6.16. The number of carbonyl (C=O) groups is 2. The van der Waals surface area contributed by atoms with Gasteiger partial charge < -0.3 is 10.1 Å². The summed E-state index contributed by atoms with van der Waals surface area (Å²) in [7, 11) is 1.35. The molecule has 1 N–H and O–H groups in total. The van der Waals surface area contributed by atoms with E-state index >= 15 is 0 Å². The standard InChI is InChI=1S/C14H21Cl2NO3/c1-12(9-14(12,15)16)10(18)17-13(11(19)20-2)7-5-3-4-6-8-13/h3-9H2,1-2H3,(H,17,18). The van der Waals surface area contributed by atoms with Gasteiger partial charge in [-0.3, -0.25) is 4.79 Å². The predicted molar refractivity (Wildman–Crippen MR) is 77.8 cm³/mol. The van der Waals surface area contributed by atoms with E-state index in [1.54, 1.807) is 6.92 Å². The zero-order valence-corrected chi connectivity index (χ0v) is 13.4. The Kier molecular flexibility index (Phi) is 4.27. The number of alkyl halides is 2. The van der Waals surface area contributed by atoms with Gasteiger partial charge in [0.1, 0.15) is 9.87 Å². The smallest absolute Gasteiger partial charge is 0.331 e. The van der Waals surface area contributed by atoms with Crippen molar-refractivity contribution in [3.8, 4) is 0 Å². The van der Waals surface area contributed by atoms with Crippen LogP contribution in [0.3, 0.4) is 0 Å². The molecule has 0 aliphatic heterocycles. The Balaban J connectivity index is 2.16. The molecule has 0 spiro atoms. The van der Waals surface area contributed by atoms with Crippen molar-refractivity contribution in [2.45, 2.75) is 61.7 Å². The van der Waals surface area contributed by atoms with Gasteiger partial charge in [0.2, 0.25) is 5.91 Å². The van der Waals surface area contributed by atoms with Crippen molar-refractivity contribution in [2.75, 3.05) is 7.11 Å². The van der Waals surface area contributed by atoms with Crippen molar-refractivity contribution in [3.63, 3.8) is 0 Å². The molecule has 114 valence electrons. The minimum absolute atomic E-state index is 0.255. The molecular formula is C14H21Cl2NO3. The van der Waals surface area contributed by atoms with Gasteiger partial charge in [-0.25, -0.2) is 4.79 Å². The van der Waals surface area contributed by atoms with E-state index in [0.717, 1.165) is 25.7 Å². The topological polar surface area (TPSA) is 55.4 Å². The number of carbonyl (C=O) groups excluding carboxylic acids is 2. The van der Waals surface area contributed by atoms with E-state index in [0.29, 0.717) is 19.3 Å². The van der Waals surface area contributed by atoms with Crippen molar-refractivity contribution in [1.82, 2.24) is 5.32 Å². The van der Waals surface area contributed by atoms with E-state index in [1.807, 2.05) is 0 Å². The van der Waals surface area contributed by atoms with E-state index < -0.39 is 15.3 Å². The van der Waals surface area contributed by atoms with E-state index in [1.165, 1.54) is 7.11 Å². The summed E-state index contributed by atoms with van der Waals surface area (Å²) in [6.07, 6.45) is 5.57. The van der Waals surface area contributed by atoms with Gasteiger partial charge in [0.25, 0.3) is 0 Å². The lowest BCUT2D eigenvalue weighted by Crippen LogP contribution is -2.56. The van der Waals surface area contributed by atoms with Crippen LogP contribution in [0.4, 0.5) is 0 Å². The summed E-state index contributed by atoms with van der Waals surface area (Å²) >= 11 is 12.1. The van der Waals surface area contributed by atoms with Gasteiger partial charge in [0, 0.05) is 0 Å². The maximum absolute atomic E-state index is 12.5. The third kappa shape index (κ3) is 2.64. The SMILES string of the molecule is COC(=O)C1(NC(=O)C2(C)CC2(Cl)Cl)CCCCCC1. The van der Waals surface area contributed by atoms with Crippen LogP contribution >= 0.6 is 23.2 Å². The number of hydrogen-bond acceptors (Lipinski definition) is 3. The first-order valence-corrected chi connectivity index (χ1v) is 7.82. The van der Waals surface area contributed by atoms with Gasteiger partial charge >= 0.3 is 5.97 Å². The van der Waals surface area contributed by atoms with E-state index in [9.17, 15) is 9.59 Å². The van der Waals surface area contributed by atoms with Crippen LogP contribution < -0.4 is 5.32 Å². The third-order valence-corrected chi connectivity index (χ3v) is 5.75. The lowest BCUT2D eigenvalue weighted by atomic mass is 9.89. The largest absolute Gasteiger partial charge is 0.467 e. The molecule has 6 heteroatoms. The Hall–Kier alpha value is -0.480.